The van der Waals surface area contributed by atoms with Crippen molar-refractivity contribution >= 4 is 43.1 Å². The van der Waals surface area contributed by atoms with Crippen LogP contribution in [0.3, 0.4) is 0 Å². The molecule has 0 atom stereocenters. The van der Waals surface area contributed by atoms with Crippen LogP contribution in [0.4, 0.5) is 0 Å². The lowest BCUT2D eigenvalue weighted by molar-refractivity contribution is 0.0331. The van der Waals surface area contributed by atoms with Crippen molar-refractivity contribution in [1.82, 2.24) is 0 Å². The molecule has 0 saturated carbocycles. The minimum absolute atomic E-state index is 0.0314. The van der Waals surface area contributed by atoms with Crippen LogP contribution in [-0.4, -0.2) is 93.6 Å². The van der Waals surface area contributed by atoms with Crippen molar-refractivity contribution in [2.24, 2.45) is 0 Å². The van der Waals surface area contributed by atoms with Gasteiger partial charge in [-0.1, -0.05) is 199 Å². The Bertz CT molecular complexity index is 4290. The summed E-state index contributed by atoms with van der Waals surface area (Å²) in [6, 6.07) is 54.9. The zero-order chi connectivity index (χ0) is 70.1. The van der Waals surface area contributed by atoms with Crippen LogP contribution in [-0.2, 0) is 54.1 Å². The molecule has 0 spiro atoms. The molecule has 0 fully saturated rings. The molecular formula is C86H94O14. The van der Waals surface area contributed by atoms with Gasteiger partial charge < -0.3 is 67.1 Å². The highest BCUT2D eigenvalue weighted by Gasteiger charge is 2.30. The monoisotopic (exact) mass is 1350 g/mol. The summed E-state index contributed by atoms with van der Waals surface area (Å²) in [7, 11) is 9.56. The average molecular weight is 1350 g/mol. The Balaban J connectivity index is 1.09. The molecule has 11 rings (SSSR count). The Hall–Kier alpha value is -9.38. The van der Waals surface area contributed by atoms with Gasteiger partial charge in [-0.2, -0.15) is 0 Å². The van der Waals surface area contributed by atoms with E-state index in [2.05, 4.69) is 173 Å². The van der Waals surface area contributed by atoms with E-state index in [9.17, 15) is 10.2 Å². The van der Waals surface area contributed by atoms with E-state index in [4.69, 9.17) is 56.8 Å². The molecule has 0 amide bonds. The number of benzene rings is 11. The molecule has 0 aliphatic rings. The van der Waals surface area contributed by atoms with Crippen molar-refractivity contribution in [3.05, 3.63) is 180 Å². The number of ether oxygens (including phenoxy) is 12. The predicted octanol–water partition coefficient (Wildman–Crippen LogP) is 21.0. The number of aryl methyl sites for hydroxylation is 4. The number of phenols is 2. The molecule has 0 saturated heterocycles. The molecule has 14 nitrogen and oxygen atoms in total. The minimum atomic E-state index is -0.0792. The first kappa shape index (κ1) is 71.9. The van der Waals surface area contributed by atoms with Crippen LogP contribution in [0.1, 0.15) is 101 Å². The first-order chi connectivity index (χ1) is 49.0. The van der Waals surface area contributed by atoms with Gasteiger partial charge >= 0.3 is 0 Å². The van der Waals surface area contributed by atoms with Gasteiger partial charge in [-0.3, -0.25) is 0 Å². The minimum Gasteiger partial charge on any atom is -0.504 e. The highest BCUT2D eigenvalue weighted by molar-refractivity contribution is 6.14. The molecule has 2 N–H and O–H groups in total. The molecule has 0 aromatic heterocycles. The van der Waals surface area contributed by atoms with Gasteiger partial charge in [0, 0.05) is 76.0 Å². The van der Waals surface area contributed by atoms with Crippen LogP contribution in [0.5, 0.6) is 46.0 Å². The van der Waals surface area contributed by atoms with Crippen molar-refractivity contribution in [1.29, 1.82) is 0 Å². The smallest absolute Gasteiger partial charge is 0.188 e. The number of hydrogen-bond acceptors (Lipinski definition) is 14. The summed E-state index contributed by atoms with van der Waals surface area (Å²) >= 11 is 0. The van der Waals surface area contributed by atoms with Crippen LogP contribution in [0.15, 0.2) is 158 Å². The molecule has 11 aromatic carbocycles. The Labute approximate surface area is 588 Å². The standard InChI is InChI=1S/C86H94O14/c1-11-15-19-55-23-39-67-65(43-55)47-73(87)81(95-49-89-5)75(67)59-27-35-63(36-28-59)79-71-45-57(21-17-13-3)25-41-69(71)77(83(97-51-91-7)85(79)99-53-93-9)61-31-33-62(34-32-61)78-70-42-26-58(22-18-14-4)46-72(70)80(86(100-54-94-10)84(78)98-52-92-8)64-37-29-60(30-38-64)76-68-40-24-56(20-16-12-2)44-66(68)48-74(88)82(76)96-50-90-6/h23-48,87-88H,11-22,49-54H2,1-10H3. The van der Waals surface area contributed by atoms with Crippen molar-refractivity contribution < 1.29 is 67.1 Å². The highest BCUT2D eigenvalue weighted by Crippen LogP contribution is 2.56. The third kappa shape index (κ3) is 15.6. The lowest BCUT2D eigenvalue weighted by Gasteiger charge is -2.24. The number of unbranched alkanes of at least 4 members (excludes halogenated alkanes) is 4. The SMILES string of the molecule is CCCCc1ccc2c(-c3ccc(-c4c(OCOC)c(OCOC)c(-c5ccc(-c6c(OCOC)c(OCOC)c(-c7ccc(-c8c(OCOC)c(O)cc9cc(CCCC)ccc89)cc7)c7cc(CCCC)ccc67)cc5)c5ccc(CCCC)cc45)cc3)c(OCOC)c(O)cc2c1. The summed E-state index contributed by atoms with van der Waals surface area (Å²) in [4.78, 5) is 0. The number of hydrogen-bond donors (Lipinski definition) is 2. The van der Waals surface area contributed by atoms with Crippen molar-refractivity contribution in [2.75, 3.05) is 83.4 Å². The Kier molecular flexibility index (Phi) is 24.9. The fourth-order valence-electron chi connectivity index (χ4n) is 13.6. The van der Waals surface area contributed by atoms with Crippen LogP contribution < -0.4 is 28.4 Å². The zero-order valence-electron chi connectivity index (χ0n) is 59.5. The normalized spacial score (nSPS) is 11.5. The summed E-state index contributed by atoms with van der Waals surface area (Å²) < 4.78 is 73.3. The van der Waals surface area contributed by atoms with E-state index >= 15 is 0 Å². The van der Waals surface area contributed by atoms with E-state index in [-0.39, 0.29) is 52.3 Å². The molecule has 11 aromatic rings. The van der Waals surface area contributed by atoms with Crippen LogP contribution in [0, 0.1) is 0 Å². The Morgan fingerprint density at radius 3 is 0.710 bits per heavy atom. The van der Waals surface area contributed by atoms with Gasteiger partial charge in [-0.15, -0.1) is 0 Å². The predicted molar refractivity (Wildman–Crippen MR) is 402 cm³/mol. The number of phenolic OH excluding ortho intramolecular Hbond substituents is 2. The van der Waals surface area contributed by atoms with E-state index in [0.29, 0.717) is 34.5 Å². The molecular weight excluding hydrogens is 1260 g/mol. The van der Waals surface area contributed by atoms with Gasteiger partial charge in [0.25, 0.3) is 0 Å². The first-order valence-corrected chi connectivity index (χ1v) is 34.9. The number of methoxy groups -OCH3 is 6. The summed E-state index contributed by atoms with van der Waals surface area (Å²) in [5.41, 5.74) is 14.7. The number of fused-ring (bicyclic) bond motifs is 4. The molecule has 100 heavy (non-hydrogen) atoms. The maximum Gasteiger partial charge on any atom is 0.188 e. The maximum atomic E-state index is 11.6. The van der Waals surface area contributed by atoms with Crippen molar-refractivity contribution in [2.45, 2.75) is 105 Å². The quantitative estimate of drug-likeness (QED) is 0.0358. The molecule has 0 heterocycles. The highest BCUT2D eigenvalue weighted by atomic mass is 16.7. The second-order valence-electron chi connectivity index (χ2n) is 25.3. The van der Waals surface area contributed by atoms with E-state index < -0.39 is 0 Å². The van der Waals surface area contributed by atoms with Crippen LogP contribution in [0.2, 0.25) is 0 Å². The second-order valence-corrected chi connectivity index (χ2v) is 25.3. The fraction of sp³-hybridized carbons (Fsp3) is 0.326. The maximum absolute atomic E-state index is 11.6. The zero-order valence-corrected chi connectivity index (χ0v) is 59.5. The average Bonchev–Trinajstić information content (AvgIpc) is 0.737. The lowest BCUT2D eigenvalue weighted by atomic mass is 9.86. The Morgan fingerprint density at radius 1 is 0.240 bits per heavy atom. The van der Waals surface area contributed by atoms with Gasteiger partial charge in [0.1, 0.15) is 0 Å². The molecule has 0 bridgehead atoms. The summed E-state index contributed by atoms with van der Waals surface area (Å²) in [5.74, 6) is 2.65. The first-order valence-electron chi connectivity index (χ1n) is 34.9. The van der Waals surface area contributed by atoms with E-state index in [1.165, 1.54) is 22.3 Å². The summed E-state index contributed by atoms with van der Waals surface area (Å²) in [5, 5.41) is 30.8. The van der Waals surface area contributed by atoms with Gasteiger partial charge in [-0.05, 0) is 162 Å². The molecule has 0 aliphatic heterocycles. The second kappa shape index (κ2) is 34.6. The third-order valence-electron chi connectivity index (χ3n) is 18.4. The molecule has 522 valence electrons. The van der Waals surface area contributed by atoms with E-state index in [1.54, 1.807) is 54.8 Å². The topological polar surface area (TPSA) is 151 Å². The van der Waals surface area contributed by atoms with Crippen molar-refractivity contribution in [3.8, 4) is 113 Å². The van der Waals surface area contributed by atoms with E-state index in [0.717, 1.165) is 187 Å². The Morgan fingerprint density at radius 2 is 0.460 bits per heavy atom. The van der Waals surface area contributed by atoms with Crippen LogP contribution >= 0.6 is 0 Å². The largest absolute Gasteiger partial charge is 0.504 e. The lowest BCUT2D eigenvalue weighted by Crippen LogP contribution is -2.08. The summed E-state index contributed by atoms with van der Waals surface area (Å²) in [6.45, 7) is 8.40. The van der Waals surface area contributed by atoms with Gasteiger partial charge in [0.2, 0.25) is 0 Å². The third-order valence-corrected chi connectivity index (χ3v) is 18.4. The number of rotatable bonds is 36. The molecule has 0 radical (unpaired) electrons. The van der Waals surface area contributed by atoms with Crippen molar-refractivity contribution in [3.63, 3.8) is 0 Å². The molecule has 0 aliphatic carbocycles. The van der Waals surface area contributed by atoms with Gasteiger partial charge in [0.05, 0.1) is 0 Å². The van der Waals surface area contributed by atoms with Crippen LogP contribution in [0.25, 0.3) is 110 Å². The molecule has 14 heteroatoms. The van der Waals surface area contributed by atoms with E-state index in [1.807, 2.05) is 0 Å². The molecule has 0 unspecified atom stereocenters. The van der Waals surface area contributed by atoms with Gasteiger partial charge in [0.15, 0.2) is 86.8 Å². The number of aromatic hydroxyl groups is 2. The fourth-order valence-corrected chi connectivity index (χ4v) is 13.6. The van der Waals surface area contributed by atoms with Gasteiger partial charge in [-0.25, -0.2) is 0 Å². The summed E-state index contributed by atoms with van der Waals surface area (Å²) in [6.07, 6.45) is 12.0.